The Labute approximate surface area is 116 Å². The molecule has 0 aromatic heterocycles. The van der Waals surface area contributed by atoms with Gasteiger partial charge in [-0.15, -0.1) is 0 Å². The summed E-state index contributed by atoms with van der Waals surface area (Å²) in [5.41, 5.74) is 10.1. The van der Waals surface area contributed by atoms with Crippen molar-refractivity contribution >= 4 is 0 Å². The van der Waals surface area contributed by atoms with Crippen molar-refractivity contribution in [1.82, 2.24) is 4.90 Å². The maximum Gasteiger partial charge on any atom is 0.0700 e. The average Bonchev–Trinajstić information content (AvgIpc) is 2.44. The zero-order valence-electron chi connectivity index (χ0n) is 12.4. The normalized spacial score (nSPS) is 22.4. The third-order valence-electron chi connectivity index (χ3n) is 4.08. The lowest BCUT2D eigenvalue weighted by molar-refractivity contribution is -0.0438. The summed E-state index contributed by atoms with van der Waals surface area (Å²) in [6.45, 7) is 9.96. The number of hydrogen-bond acceptors (Lipinski definition) is 3. The number of aryl methyl sites for hydroxylation is 2. The smallest absolute Gasteiger partial charge is 0.0700 e. The van der Waals surface area contributed by atoms with Crippen LogP contribution in [-0.2, 0) is 4.74 Å². The molecule has 0 aliphatic carbocycles. The van der Waals surface area contributed by atoms with Gasteiger partial charge in [-0.25, -0.2) is 0 Å². The molecule has 0 spiro atoms. The van der Waals surface area contributed by atoms with E-state index in [0.717, 1.165) is 26.1 Å². The number of nitrogens with zero attached hydrogens (tertiary/aromatic N) is 1. The Morgan fingerprint density at radius 1 is 1.42 bits per heavy atom. The molecule has 1 fully saturated rings. The van der Waals surface area contributed by atoms with E-state index in [4.69, 9.17) is 10.5 Å². The van der Waals surface area contributed by atoms with Crippen molar-refractivity contribution < 1.29 is 4.74 Å². The summed E-state index contributed by atoms with van der Waals surface area (Å²) >= 11 is 0. The molecule has 3 nitrogen and oxygen atoms in total. The van der Waals surface area contributed by atoms with Crippen molar-refractivity contribution in [2.75, 3.05) is 26.2 Å². The quantitative estimate of drug-likeness (QED) is 0.905. The van der Waals surface area contributed by atoms with Gasteiger partial charge in [-0.05, 0) is 31.4 Å². The Bertz CT molecular complexity index is 419. The fourth-order valence-electron chi connectivity index (χ4n) is 2.86. The topological polar surface area (TPSA) is 38.5 Å². The van der Waals surface area contributed by atoms with Crippen LogP contribution in [0.1, 0.15) is 36.1 Å². The minimum Gasteiger partial charge on any atom is -0.376 e. The Morgan fingerprint density at radius 3 is 2.89 bits per heavy atom. The summed E-state index contributed by atoms with van der Waals surface area (Å²) in [4.78, 5) is 2.49. The largest absolute Gasteiger partial charge is 0.376 e. The van der Waals surface area contributed by atoms with Crippen LogP contribution in [0.4, 0.5) is 0 Å². The molecule has 0 amide bonds. The lowest BCUT2D eigenvalue weighted by atomic mass is 9.97. The zero-order chi connectivity index (χ0) is 13.8. The minimum absolute atomic E-state index is 0.317. The maximum absolute atomic E-state index is 6.06. The van der Waals surface area contributed by atoms with Crippen molar-refractivity contribution in [3.8, 4) is 0 Å². The van der Waals surface area contributed by atoms with E-state index in [-0.39, 0.29) is 0 Å². The first kappa shape index (κ1) is 14.5. The van der Waals surface area contributed by atoms with Gasteiger partial charge in [-0.1, -0.05) is 30.7 Å². The van der Waals surface area contributed by atoms with E-state index >= 15 is 0 Å². The summed E-state index contributed by atoms with van der Waals surface area (Å²) in [6, 6.07) is 6.97. The molecule has 19 heavy (non-hydrogen) atoms. The Kier molecular flexibility index (Phi) is 4.97. The van der Waals surface area contributed by atoms with Gasteiger partial charge in [0.15, 0.2) is 0 Å². The standard InChI is InChI=1S/C16H26N2O/c1-4-14-11-18(7-8-19-14)16(10-17)15-9-12(2)5-6-13(15)3/h5-6,9,14,16H,4,7-8,10-11,17H2,1-3H3. The second-order valence-corrected chi connectivity index (χ2v) is 5.51. The molecule has 2 atom stereocenters. The Balaban J connectivity index is 2.21. The van der Waals surface area contributed by atoms with Gasteiger partial charge < -0.3 is 10.5 Å². The van der Waals surface area contributed by atoms with E-state index < -0.39 is 0 Å². The molecule has 1 aliphatic rings. The van der Waals surface area contributed by atoms with Crippen LogP contribution >= 0.6 is 0 Å². The fraction of sp³-hybridized carbons (Fsp3) is 0.625. The first-order valence-electron chi connectivity index (χ1n) is 7.28. The van der Waals surface area contributed by atoms with Gasteiger partial charge in [-0.3, -0.25) is 4.90 Å². The third kappa shape index (κ3) is 3.35. The molecule has 1 aliphatic heterocycles. The highest BCUT2D eigenvalue weighted by Gasteiger charge is 2.26. The highest BCUT2D eigenvalue weighted by Crippen LogP contribution is 2.26. The van der Waals surface area contributed by atoms with E-state index in [2.05, 4.69) is 43.9 Å². The summed E-state index contributed by atoms with van der Waals surface area (Å²) in [6.07, 6.45) is 1.42. The van der Waals surface area contributed by atoms with Crippen molar-refractivity contribution in [3.05, 3.63) is 34.9 Å². The van der Waals surface area contributed by atoms with Gasteiger partial charge in [0.1, 0.15) is 0 Å². The maximum atomic E-state index is 6.06. The van der Waals surface area contributed by atoms with Crippen LogP contribution in [0.3, 0.4) is 0 Å². The molecule has 2 unspecified atom stereocenters. The first-order valence-corrected chi connectivity index (χ1v) is 7.28. The minimum atomic E-state index is 0.317. The van der Waals surface area contributed by atoms with Crippen LogP contribution in [0.25, 0.3) is 0 Å². The van der Waals surface area contributed by atoms with E-state index in [1.807, 2.05) is 0 Å². The molecule has 0 radical (unpaired) electrons. The van der Waals surface area contributed by atoms with E-state index in [0.29, 0.717) is 18.7 Å². The van der Waals surface area contributed by atoms with E-state index in [1.165, 1.54) is 16.7 Å². The Hall–Kier alpha value is -0.900. The third-order valence-corrected chi connectivity index (χ3v) is 4.08. The van der Waals surface area contributed by atoms with Crippen LogP contribution in [0.5, 0.6) is 0 Å². The van der Waals surface area contributed by atoms with Gasteiger partial charge in [-0.2, -0.15) is 0 Å². The average molecular weight is 262 g/mol. The van der Waals surface area contributed by atoms with Crippen LogP contribution in [0.15, 0.2) is 18.2 Å². The predicted molar refractivity (Wildman–Crippen MR) is 79.3 cm³/mol. The van der Waals surface area contributed by atoms with Gasteiger partial charge in [0.2, 0.25) is 0 Å². The van der Waals surface area contributed by atoms with Crippen LogP contribution in [-0.4, -0.2) is 37.2 Å². The number of benzene rings is 1. The van der Waals surface area contributed by atoms with Crippen molar-refractivity contribution in [2.45, 2.75) is 39.3 Å². The second-order valence-electron chi connectivity index (χ2n) is 5.51. The summed E-state index contributed by atoms with van der Waals surface area (Å²) in [5, 5.41) is 0. The molecular weight excluding hydrogens is 236 g/mol. The molecule has 1 saturated heterocycles. The van der Waals surface area contributed by atoms with Crippen molar-refractivity contribution in [1.29, 1.82) is 0 Å². The molecule has 0 saturated carbocycles. The molecule has 106 valence electrons. The van der Waals surface area contributed by atoms with Gasteiger partial charge >= 0.3 is 0 Å². The molecule has 0 bridgehead atoms. The molecule has 2 rings (SSSR count). The Morgan fingerprint density at radius 2 is 2.21 bits per heavy atom. The van der Waals surface area contributed by atoms with Gasteiger partial charge in [0.25, 0.3) is 0 Å². The molecule has 1 aromatic carbocycles. The molecular formula is C16H26N2O. The number of rotatable bonds is 4. The molecule has 1 heterocycles. The van der Waals surface area contributed by atoms with Crippen LogP contribution in [0, 0.1) is 13.8 Å². The first-order chi connectivity index (χ1) is 9.15. The van der Waals surface area contributed by atoms with Gasteiger partial charge in [0, 0.05) is 25.7 Å². The summed E-state index contributed by atoms with van der Waals surface area (Å²) in [7, 11) is 0. The molecule has 1 aromatic rings. The number of nitrogens with two attached hydrogens (primary N) is 1. The van der Waals surface area contributed by atoms with Crippen molar-refractivity contribution in [2.24, 2.45) is 5.73 Å². The van der Waals surface area contributed by atoms with E-state index in [1.54, 1.807) is 0 Å². The van der Waals surface area contributed by atoms with Crippen molar-refractivity contribution in [3.63, 3.8) is 0 Å². The fourth-order valence-corrected chi connectivity index (χ4v) is 2.86. The molecule has 3 heteroatoms. The summed E-state index contributed by atoms with van der Waals surface area (Å²) in [5.74, 6) is 0. The SMILES string of the molecule is CCC1CN(C(CN)c2cc(C)ccc2C)CCO1. The lowest BCUT2D eigenvalue weighted by Crippen LogP contribution is -2.46. The van der Waals surface area contributed by atoms with Crippen LogP contribution < -0.4 is 5.73 Å². The monoisotopic (exact) mass is 262 g/mol. The van der Waals surface area contributed by atoms with Crippen LogP contribution in [0.2, 0.25) is 0 Å². The number of ether oxygens (including phenoxy) is 1. The summed E-state index contributed by atoms with van der Waals surface area (Å²) < 4.78 is 5.76. The second kappa shape index (κ2) is 6.51. The van der Waals surface area contributed by atoms with Gasteiger partial charge in [0.05, 0.1) is 12.7 Å². The zero-order valence-corrected chi connectivity index (χ0v) is 12.4. The predicted octanol–water partition coefficient (Wildman–Crippen LogP) is 2.41. The lowest BCUT2D eigenvalue weighted by Gasteiger charge is -2.38. The van der Waals surface area contributed by atoms with E-state index in [9.17, 15) is 0 Å². The highest BCUT2D eigenvalue weighted by molar-refractivity contribution is 5.33. The molecule has 2 N–H and O–H groups in total. The highest BCUT2D eigenvalue weighted by atomic mass is 16.5. The number of hydrogen-bond donors (Lipinski definition) is 1. The number of morpholine rings is 1.